The minimum atomic E-state index is -0.260. The summed E-state index contributed by atoms with van der Waals surface area (Å²) in [5, 5.41) is 6.52. The normalized spacial score (nSPS) is 11.2. The van der Waals surface area contributed by atoms with Crippen molar-refractivity contribution in [1.29, 1.82) is 0 Å². The first-order chi connectivity index (χ1) is 12.3. The van der Waals surface area contributed by atoms with Crippen LogP contribution < -0.4 is 15.4 Å². The van der Waals surface area contributed by atoms with E-state index in [0.717, 1.165) is 37.6 Å². The Hall–Kier alpha value is -2.63. The van der Waals surface area contributed by atoms with E-state index in [1.165, 1.54) is 12.1 Å². The van der Waals surface area contributed by atoms with Crippen LogP contribution in [0.1, 0.15) is 19.0 Å². The van der Waals surface area contributed by atoms with Crippen molar-refractivity contribution in [2.45, 2.75) is 19.8 Å². The fourth-order valence-electron chi connectivity index (χ4n) is 2.17. The van der Waals surface area contributed by atoms with Gasteiger partial charge in [-0.05, 0) is 43.3 Å². The molecule has 0 aliphatic carbocycles. The van der Waals surface area contributed by atoms with Crippen molar-refractivity contribution in [2.75, 3.05) is 26.2 Å². The molecule has 6 heteroatoms. The molecule has 0 amide bonds. The molecule has 0 unspecified atom stereocenters. The van der Waals surface area contributed by atoms with Gasteiger partial charge < -0.3 is 15.4 Å². The van der Waals surface area contributed by atoms with E-state index in [2.05, 4.69) is 20.6 Å². The summed E-state index contributed by atoms with van der Waals surface area (Å²) < 4.78 is 18.4. The molecule has 0 aliphatic rings. The predicted octanol–water partition coefficient (Wildman–Crippen LogP) is 2.79. The molecular formula is C19H25FN4O. The Bertz CT molecular complexity index is 632. The van der Waals surface area contributed by atoms with Gasteiger partial charge in [-0.25, -0.2) is 4.39 Å². The van der Waals surface area contributed by atoms with Crippen LogP contribution in [-0.2, 0) is 6.42 Å². The second kappa shape index (κ2) is 11.0. The van der Waals surface area contributed by atoms with Crippen molar-refractivity contribution in [3.05, 3.63) is 60.2 Å². The van der Waals surface area contributed by atoms with E-state index in [-0.39, 0.29) is 5.82 Å². The molecule has 0 bridgehead atoms. The summed E-state index contributed by atoms with van der Waals surface area (Å²) in [5.41, 5.74) is 1.05. The van der Waals surface area contributed by atoms with Crippen molar-refractivity contribution in [3.8, 4) is 5.75 Å². The van der Waals surface area contributed by atoms with Crippen LogP contribution >= 0.6 is 0 Å². The van der Waals surface area contributed by atoms with Crippen LogP contribution in [0.2, 0.25) is 0 Å². The topological polar surface area (TPSA) is 58.5 Å². The lowest BCUT2D eigenvalue weighted by molar-refractivity contribution is 0.313. The van der Waals surface area contributed by atoms with Crippen molar-refractivity contribution in [2.24, 2.45) is 4.99 Å². The van der Waals surface area contributed by atoms with Crippen molar-refractivity contribution >= 4 is 5.96 Å². The number of nitrogens with one attached hydrogen (secondary N) is 2. The molecule has 0 saturated carbocycles. The Kier molecular flexibility index (Phi) is 8.24. The largest absolute Gasteiger partial charge is 0.494 e. The van der Waals surface area contributed by atoms with E-state index in [4.69, 9.17) is 4.74 Å². The molecule has 0 aliphatic heterocycles. The first-order valence-electron chi connectivity index (χ1n) is 8.58. The molecule has 0 spiro atoms. The number of guanidine groups is 1. The van der Waals surface area contributed by atoms with E-state index in [1.54, 1.807) is 18.3 Å². The molecule has 1 aromatic heterocycles. The summed E-state index contributed by atoms with van der Waals surface area (Å²) in [5.74, 6) is 1.20. The van der Waals surface area contributed by atoms with E-state index in [1.807, 2.05) is 25.1 Å². The highest BCUT2D eigenvalue weighted by atomic mass is 19.1. The maximum absolute atomic E-state index is 12.8. The van der Waals surface area contributed by atoms with Gasteiger partial charge in [0.1, 0.15) is 11.6 Å². The highest BCUT2D eigenvalue weighted by molar-refractivity contribution is 5.79. The molecular weight excluding hydrogens is 319 g/mol. The zero-order chi connectivity index (χ0) is 17.7. The maximum Gasteiger partial charge on any atom is 0.191 e. The van der Waals surface area contributed by atoms with Crippen molar-refractivity contribution < 1.29 is 9.13 Å². The van der Waals surface area contributed by atoms with Gasteiger partial charge in [0.25, 0.3) is 0 Å². The Morgan fingerprint density at radius 2 is 2.00 bits per heavy atom. The maximum atomic E-state index is 12.8. The molecule has 0 saturated heterocycles. The molecule has 2 aromatic rings. The second-order valence-electron chi connectivity index (χ2n) is 5.41. The third-order valence-electron chi connectivity index (χ3n) is 3.40. The fraction of sp³-hybridized carbons (Fsp3) is 0.368. The number of ether oxygens (including phenoxy) is 1. The average Bonchev–Trinajstić information content (AvgIpc) is 2.64. The Balaban J connectivity index is 1.66. The number of halogens is 1. The first-order valence-corrected chi connectivity index (χ1v) is 8.58. The van der Waals surface area contributed by atoms with Crippen LogP contribution in [-0.4, -0.2) is 37.2 Å². The van der Waals surface area contributed by atoms with Gasteiger partial charge in [-0.3, -0.25) is 9.98 Å². The van der Waals surface area contributed by atoms with Gasteiger partial charge in [-0.1, -0.05) is 6.07 Å². The first kappa shape index (κ1) is 18.7. The zero-order valence-corrected chi connectivity index (χ0v) is 14.5. The van der Waals surface area contributed by atoms with Gasteiger partial charge in [0.05, 0.1) is 6.61 Å². The molecule has 1 heterocycles. The fourth-order valence-corrected chi connectivity index (χ4v) is 2.17. The number of pyridine rings is 1. The number of aromatic nitrogens is 1. The smallest absolute Gasteiger partial charge is 0.191 e. The molecule has 2 N–H and O–H groups in total. The van der Waals surface area contributed by atoms with Crippen LogP contribution in [0.3, 0.4) is 0 Å². The SMILES string of the molecule is CCNC(=NCCCOc1ccc(F)cc1)NCCc1ccccn1. The Labute approximate surface area is 148 Å². The predicted molar refractivity (Wildman–Crippen MR) is 98.4 cm³/mol. The van der Waals surface area contributed by atoms with Gasteiger partial charge in [-0.2, -0.15) is 0 Å². The Morgan fingerprint density at radius 1 is 1.16 bits per heavy atom. The van der Waals surface area contributed by atoms with Gasteiger partial charge in [0, 0.05) is 44.4 Å². The highest BCUT2D eigenvalue weighted by Crippen LogP contribution is 2.11. The standard InChI is InChI=1S/C19H25FN4O/c1-2-21-19(24-14-11-17-6-3-4-12-22-17)23-13-5-15-25-18-9-7-16(20)8-10-18/h3-4,6-10,12H,2,5,11,13-15H2,1H3,(H2,21,23,24). The third kappa shape index (κ3) is 7.65. The number of hydrogen-bond acceptors (Lipinski definition) is 3. The lowest BCUT2D eigenvalue weighted by Gasteiger charge is -2.11. The summed E-state index contributed by atoms with van der Waals surface area (Å²) in [4.78, 5) is 8.83. The van der Waals surface area contributed by atoms with Gasteiger partial charge in [0.15, 0.2) is 5.96 Å². The summed E-state index contributed by atoms with van der Waals surface area (Å²) >= 11 is 0. The van der Waals surface area contributed by atoms with Crippen LogP contribution in [0.15, 0.2) is 53.7 Å². The summed E-state index contributed by atoms with van der Waals surface area (Å²) in [7, 11) is 0. The molecule has 134 valence electrons. The van der Waals surface area contributed by atoms with Crippen molar-refractivity contribution in [3.63, 3.8) is 0 Å². The monoisotopic (exact) mass is 344 g/mol. The minimum absolute atomic E-state index is 0.260. The lowest BCUT2D eigenvalue weighted by Crippen LogP contribution is -2.38. The van der Waals surface area contributed by atoms with Crippen molar-refractivity contribution in [1.82, 2.24) is 15.6 Å². The van der Waals surface area contributed by atoms with Crippen LogP contribution in [0.25, 0.3) is 0 Å². The Morgan fingerprint density at radius 3 is 2.72 bits per heavy atom. The average molecular weight is 344 g/mol. The third-order valence-corrected chi connectivity index (χ3v) is 3.40. The van der Waals surface area contributed by atoms with E-state index < -0.39 is 0 Å². The molecule has 5 nitrogen and oxygen atoms in total. The molecule has 1 aromatic carbocycles. The minimum Gasteiger partial charge on any atom is -0.494 e. The quantitative estimate of drug-likeness (QED) is 0.417. The number of nitrogens with zero attached hydrogens (tertiary/aromatic N) is 2. The van der Waals surface area contributed by atoms with E-state index in [9.17, 15) is 4.39 Å². The van der Waals surface area contributed by atoms with Crippen LogP contribution in [0.5, 0.6) is 5.75 Å². The zero-order valence-electron chi connectivity index (χ0n) is 14.5. The molecule has 0 atom stereocenters. The second-order valence-corrected chi connectivity index (χ2v) is 5.41. The molecule has 0 fully saturated rings. The number of hydrogen-bond donors (Lipinski definition) is 2. The van der Waals surface area contributed by atoms with Gasteiger partial charge in [0.2, 0.25) is 0 Å². The molecule has 0 radical (unpaired) electrons. The number of aliphatic imine (C=N–C) groups is 1. The van der Waals surface area contributed by atoms with Gasteiger partial charge in [-0.15, -0.1) is 0 Å². The summed E-state index contributed by atoms with van der Waals surface area (Å²) in [6, 6.07) is 12.0. The lowest BCUT2D eigenvalue weighted by atomic mass is 10.3. The summed E-state index contributed by atoms with van der Waals surface area (Å²) in [6.45, 7) is 4.81. The van der Waals surface area contributed by atoms with Crippen LogP contribution in [0.4, 0.5) is 4.39 Å². The van der Waals surface area contributed by atoms with Gasteiger partial charge >= 0.3 is 0 Å². The van der Waals surface area contributed by atoms with E-state index in [0.29, 0.717) is 18.9 Å². The highest BCUT2D eigenvalue weighted by Gasteiger charge is 1.99. The summed E-state index contributed by atoms with van der Waals surface area (Å²) in [6.07, 6.45) is 3.43. The molecule has 2 rings (SSSR count). The molecule has 25 heavy (non-hydrogen) atoms. The van der Waals surface area contributed by atoms with Crippen LogP contribution in [0, 0.1) is 5.82 Å². The number of rotatable bonds is 9. The number of benzene rings is 1. The van der Waals surface area contributed by atoms with E-state index >= 15 is 0 Å².